The zero-order valence-electron chi connectivity index (χ0n) is 7.45. The highest BCUT2D eigenvalue weighted by Crippen LogP contribution is 2.29. The average molecular weight is 368 g/mol. The maximum absolute atomic E-state index is 4.02. The topological polar surface area (TPSA) is 37.0 Å². The Morgan fingerprint density at radius 2 is 2.07 bits per heavy atom. The molecule has 1 aromatic heterocycles. The first kappa shape index (κ1) is 10.8. The summed E-state index contributed by atoms with van der Waals surface area (Å²) in [4.78, 5) is 4.02. The number of alkyl halides is 2. The van der Waals surface area contributed by atoms with Gasteiger partial charge < -0.3 is 0 Å². The molecule has 0 radical (unpaired) electrons. The zero-order chi connectivity index (χ0) is 9.97. The molecule has 1 aromatic rings. The third-order valence-corrected chi connectivity index (χ3v) is 4.64. The second kappa shape index (κ2) is 4.87. The summed E-state index contributed by atoms with van der Waals surface area (Å²) in [5.41, 5.74) is 7.88. The standard InChI is InChI=1S/C9H11BrIN3/c10-5-7-8(11)9(14-13-7)6-1-3-12-4-2-6/h1-4,7-9,13-14H,5H2. The Morgan fingerprint density at radius 1 is 1.36 bits per heavy atom. The number of nitrogens with one attached hydrogen (secondary N) is 2. The van der Waals surface area contributed by atoms with Crippen LogP contribution < -0.4 is 10.9 Å². The van der Waals surface area contributed by atoms with E-state index in [0.717, 1.165) is 5.33 Å². The Balaban J connectivity index is 2.14. The molecule has 0 aliphatic carbocycles. The molecule has 5 heteroatoms. The number of pyridine rings is 1. The minimum absolute atomic E-state index is 0.376. The van der Waals surface area contributed by atoms with E-state index in [4.69, 9.17) is 0 Å². The highest BCUT2D eigenvalue weighted by Gasteiger charge is 2.33. The van der Waals surface area contributed by atoms with Gasteiger partial charge in [0.2, 0.25) is 0 Å². The molecule has 1 aliphatic heterocycles. The summed E-state index contributed by atoms with van der Waals surface area (Å²) < 4.78 is 0.550. The molecule has 3 nitrogen and oxygen atoms in total. The third-order valence-electron chi connectivity index (χ3n) is 2.36. The van der Waals surface area contributed by atoms with Gasteiger partial charge >= 0.3 is 0 Å². The number of aromatic nitrogens is 1. The first-order valence-electron chi connectivity index (χ1n) is 4.44. The Morgan fingerprint density at radius 3 is 2.64 bits per heavy atom. The second-order valence-electron chi connectivity index (χ2n) is 3.25. The first-order valence-corrected chi connectivity index (χ1v) is 6.80. The molecule has 1 fully saturated rings. The van der Waals surface area contributed by atoms with Gasteiger partial charge in [-0.1, -0.05) is 38.5 Å². The van der Waals surface area contributed by atoms with E-state index in [1.807, 2.05) is 12.4 Å². The van der Waals surface area contributed by atoms with Gasteiger partial charge in [0.1, 0.15) is 0 Å². The van der Waals surface area contributed by atoms with Crippen molar-refractivity contribution in [2.45, 2.75) is 16.0 Å². The van der Waals surface area contributed by atoms with E-state index in [0.29, 0.717) is 16.0 Å². The lowest BCUT2D eigenvalue weighted by Crippen LogP contribution is -2.33. The first-order chi connectivity index (χ1) is 6.83. The molecule has 0 saturated carbocycles. The van der Waals surface area contributed by atoms with Gasteiger partial charge in [-0.05, 0) is 17.7 Å². The molecule has 1 aliphatic rings. The summed E-state index contributed by atoms with van der Waals surface area (Å²) in [6.07, 6.45) is 3.67. The van der Waals surface area contributed by atoms with Crippen LogP contribution in [0.2, 0.25) is 0 Å². The predicted molar refractivity (Wildman–Crippen MR) is 68.6 cm³/mol. The number of hydrogen-bond donors (Lipinski definition) is 2. The average Bonchev–Trinajstić information content (AvgIpc) is 2.61. The highest BCUT2D eigenvalue weighted by molar-refractivity contribution is 14.1. The number of hydrazine groups is 1. The van der Waals surface area contributed by atoms with Gasteiger partial charge in [0, 0.05) is 27.7 Å². The minimum Gasteiger partial charge on any atom is -0.265 e. The van der Waals surface area contributed by atoms with Crippen molar-refractivity contribution in [1.82, 2.24) is 15.8 Å². The van der Waals surface area contributed by atoms with Gasteiger partial charge in [0.15, 0.2) is 0 Å². The monoisotopic (exact) mass is 367 g/mol. The Kier molecular flexibility index (Phi) is 3.75. The van der Waals surface area contributed by atoms with Gasteiger partial charge in [-0.2, -0.15) is 0 Å². The number of nitrogens with zero attached hydrogens (tertiary/aromatic N) is 1. The van der Waals surface area contributed by atoms with Crippen LogP contribution in [0.5, 0.6) is 0 Å². The van der Waals surface area contributed by atoms with Crippen molar-refractivity contribution < 1.29 is 0 Å². The smallest absolute Gasteiger partial charge is 0.0597 e. The maximum Gasteiger partial charge on any atom is 0.0597 e. The highest BCUT2D eigenvalue weighted by atomic mass is 127. The van der Waals surface area contributed by atoms with Crippen LogP contribution in [0.25, 0.3) is 0 Å². The fourth-order valence-electron chi connectivity index (χ4n) is 1.55. The molecule has 3 atom stereocenters. The molecular formula is C9H11BrIN3. The van der Waals surface area contributed by atoms with Crippen molar-refractivity contribution >= 4 is 38.5 Å². The van der Waals surface area contributed by atoms with E-state index in [1.54, 1.807) is 0 Å². The van der Waals surface area contributed by atoms with Gasteiger partial charge in [-0.15, -0.1) is 0 Å². The number of hydrogen-bond acceptors (Lipinski definition) is 3. The fourth-order valence-corrected chi connectivity index (χ4v) is 3.84. The lowest BCUT2D eigenvalue weighted by atomic mass is 10.0. The number of rotatable bonds is 2. The molecule has 2 N–H and O–H groups in total. The maximum atomic E-state index is 4.02. The predicted octanol–water partition coefficient (Wildman–Crippen LogP) is 1.80. The van der Waals surface area contributed by atoms with Crippen molar-refractivity contribution in [3.63, 3.8) is 0 Å². The van der Waals surface area contributed by atoms with E-state index in [1.165, 1.54) is 5.56 Å². The normalized spacial score (nSPS) is 32.0. The largest absolute Gasteiger partial charge is 0.265 e. The lowest BCUT2D eigenvalue weighted by molar-refractivity contribution is 0.564. The summed E-state index contributed by atoms with van der Waals surface area (Å²) in [6, 6.07) is 4.97. The molecule has 2 heterocycles. The molecule has 2 rings (SSSR count). The van der Waals surface area contributed by atoms with E-state index in [2.05, 4.69) is 66.5 Å². The molecule has 14 heavy (non-hydrogen) atoms. The molecule has 0 spiro atoms. The summed E-state index contributed by atoms with van der Waals surface area (Å²) in [7, 11) is 0. The Labute approximate surface area is 105 Å². The molecule has 1 saturated heterocycles. The van der Waals surface area contributed by atoms with Crippen molar-refractivity contribution in [2.24, 2.45) is 0 Å². The van der Waals surface area contributed by atoms with Gasteiger partial charge in [-0.3, -0.25) is 10.4 Å². The fraction of sp³-hybridized carbons (Fsp3) is 0.444. The quantitative estimate of drug-likeness (QED) is 0.618. The van der Waals surface area contributed by atoms with Crippen LogP contribution in [0.3, 0.4) is 0 Å². The summed E-state index contributed by atoms with van der Waals surface area (Å²) in [5.74, 6) is 0. The summed E-state index contributed by atoms with van der Waals surface area (Å²) >= 11 is 5.98. The molecule has 76 valence electrons. The van der Waals surface area contributed by atoms with Crippen LogP contribution in [-0.4, -0.2) is 20.3 Å². The molecular weight excluding hydrogens is 357 g/mol. The zero-order valence-corrected chi connectivity index (χ0v) is 11.2. The summed E-state index contributed by atoms with van der Waals surface area (Å²) in [5, 5.41) is 0.967. The summed E-state index contributed by atoms with van der Waals surface area (Å²) in [6.45, 7) is 0. The Bertz CT molecular complexity index is 295. The van der Waals surface area contributed by atoms with Crippen LogP contribution in [-0.2, 0) is 0 Å². The van der Waals surface area contributed by atoms with Crippen molar-refractivity contribution in [1.29, 1.82) is 0 Å². The second-order valence-corrected chi connectivity index (χ2v) is 5.34. The van der Waals surface area contributed by atoms with E-state index in [9.17, 15) is 0 Å². The molecule has 0 aromatic carbocycles. The van der Waals surface area contributed by atoms with Crippen LogP contribution in [0.4, 0.5) is 0 Å². The van der Waals surface area contributed by atoms with Crippen molar-refractivity contribution in [3.05, 3.63) is 30.1 Å². The van der Waals surface area contributed by atoms with Crippen LogP contribution in [0.15, 0.2) is 24.5 Å². The lowest BCUT2D eigenvalue weighted by Gasteiger charge is -2.15. The van der Waals surface area contributed by atoms with Crippen LogP contribution in [0.1, 0.15) is 11.6 Å². The van der Waals surface area contributed by atoms with E-state index < -0.39 is 0 Å². The number of halogens is 2. The van der Waals surface area contributed by atoms with Gasteiger partial charge in [0.25, 0.3) is 0 Å². The van der Waals surface area contributed by atoms with Crippen molar-refractivity contribution in [2.75, 3.05) is 5.33 Å². The molecule has 3 unspecified atom stereocenters. The Hall–Kier alpha value is 0.280. The van der Waals surface area contributed by atoms with Gasteiger partial charge in [-0.25, -0.2) is 5.43 Å². The van der Waals surface area contributed by atoms with Crippen LogP contribution in [0, 0.1) is 0 Å². The van der Waals surface area contributed by atoms with E-state index >= 15 is 0 Å². The molecule has 0 bridgehead atoms. The van der Waals surface area contributed by atoms with Crippen molar-refractivity contribution in [3.8, 4) is 0 Å². The molecule has 0 amide bonds. The minimum atomic E-state index is 0.376. The third kappa shape index (κ3) is 2.10. The SMILES string of the molecule is BrCC1NNC(c2ccncc2)C1I. The van der Waals surface area contributed by atoms with E-state index in [-0.39, 0.29) is 0 Å². The van der Waals surface area contributed by atoms with Gasteiger partial charge in [0.05, 0.1) is 6.04 Å². The van der Waals surface area contributed by atoms with Crippen LogP contribution >= 0.6 is 38.5 Å².